The largest absolute Gasteiger partial charge is 0.481 e. The van der Waals surface area contributed by atoms with Crippen molar-refractivity contribution < 1.29 is 29.3 Å². The van der Waals surface area contributed by atoms with E-state index in [0.29, 0.717) is 37.9 Å². The maximum atomic E-state index is 11.6. The molecule has 0 bridgehead atoms. The number of esters is 1. The highest BCUT2D eigenvalue weighted by Gasteiger charge is 2.18. The van der Waals surface area contributed by atoms with Crippen LogP contribution < -0.4 is 0 Å². The Morgan fingerprint density at radius 1 is 1.09 bits per heavy atom. The van der Waals surface area contributed by atoms with Gasteiger partial charge in [-0.2, -0.15) is 0 Å². The van der Waals surface area contributed by atoms with Crippen molar-refractivity contribution in [1.82, 2.24) is 0 Å². The molecule has 0 amide bonds. The molecular weight excluding hydrogens is 300 g/mol. The Morgan fingerprint density at radius 2 is 1.74 bits per heavy atom. The zero-order chi connectivity index (χ0) is 17.2. The quantitative estimate of drug-likeness (QED) is 0.507. The second-order valence-corrected chi connectivity index (χ2v) is 5.30. The third-order valence-corrected chi connectivity index (χ3v) is 3.49. The molecule has 1 aromatic carbocycles. The number of benzene rings is 1. The van der Waals surface area contributed by atoms with Crippen molar-refractivity contribution in [2.45, 2.75) is 39.0 Å². The first-order chi connectivity index (χ1) is 10.9. The van der Waals surface area contributed by atoms with Gasteiger partial charge in [0.25, 0.3) is 0 Å². The summed E-state index contributed by atoms with van der Waals surface area (Å²) in [6.07, 6.45) is 1.87. The van der Waals surface area contributed by atoms with Crippen molar-refractivity contribution in [2.24, 2.45) is 5.92 Å². The molecule has 1 rings (SSSR count). The molecule has 1 aromatic rings. The molecule has 0 aliphatic rings. The minimum atomic E-state index is -0.894. The van der Waals surface area contributed by atoms with Gasteiger partial charge in [-0.1, -0.05) is 18.6 Å². The Hall–Kier alpha value is -2.37. The van der Waals surface area contributed by atoms with E-state index in [1.807, 2.05) is 0 Å². The van der Waals surface area contributed by atoms with E-state index in [4.69, 9.17) is 9.84 Å². The van der Waals surface area contributed by atoms with Crippen LogP contribution in [-0.2, 0) is 20.7 Å². The van der Waals surface area contributed by atoms with Crippen LogP contribution in [0.3, 0.4) is 0 Å². The predicted molar refractivity (Wildman–Crippen MR) is 83.3 cm³/mol. The van der Waals surface area contributed by atoms with Crippen molar-refractivity contribution in [1.29, 1.82) is 0 Å². The number of carbonyl (C=O) groups excluding carboxylic acids is 1. The summed E-state index contributed by atoms with van der Waals surface area (Å²) in [5.41, 5.74) is 1.26. The predicted octanol–water partition coefficient (Wildman–Crippen LogP) is 2.75. The highest BCUT2D eigenvalue weighted by molar-refractivity contribution is 5.89. The van der Waals surface area contributed by atoms with Crippen LogP contribution in [0.2, 0.25) is 0 Å². The molecule has 0 aliphatic heterocycles. The second-order valence-electron chi connectivity index (χ2n) is 5.30. The minimum absolute atomic E-state index is 0.0561. The monoisotopic (exact) mass is 322 g/mol. The molecule has 6 heteroatoms. The molecule has 0 saturated carbocycles. The number of ether oxygens (including phenoxy) is 1. The summed E-state index contributed by atoms with van der Waals surface area (Å²) in [7, 11) is 0. The highest BCUT2D eigenvalue weighted by Crippen LogP contribution is 2.17. The fraction of sp³-hybridized carbons (Fsp3) is 0.471. The van der Waals surface area contributed by atoms with Crippen molar-refractivity contribution >= 4 is 17.9 Å². The number of unbranched alkanes of at least 4 members (excludes halogenated alkanes) is 1. The molecule has 23 heavy (non-hydrogen) atoms. The van der Waals surface area contributed by atoms with Crippen LogP contribution in [0.4, 0.5) is 0 Å². The van der Waals surface area contributed by atoms with Gasteiger partial charge in [-0.15, -0.1) is 0 Å². The average Bonchev–Trinajstić information content (AvgIpc) is 2.50. The summed E-state index contributed by atoms with van der Waals surface area (Å²) >= 11 is 0. The third kappa shape index (κ3) is 6.95. The topological polar surface area (TPSA) is 101 Å². The number of carboxylic acid groups (broad SMARTS) is 2. The Morgan fingerprint density at radius 3 is 2.26 bits per heavy atom. The van der Waals surface area contributed by atoms with Gasteiger partial charge in [0.2, 0.25) is 0 Å². The number of carboxylic acids is 2. The molecule has 0 heterocycles. The van der Waals surface area contributed by atoms with Gasteiger partial charge in [0, 0.05) is 6.42 Å². The van der Waals surface area contributed by atoms with Gasteiger partial charge in [0.1, 0.15) is 0 Å². The van der Waals surface area contributed by atoms with Crippen LogP contribution in [0.25, 0.3) is 0 Å². The number of carbonyl (C=O) groups is 3. The van der Waals surface area contributed by atoms with Crippen LogP contribution in [0.5, 0.6) is 0 Å². The Labute approximate surface area is 135 Å². The maximum absolute atomic E-state index is 11.6. The first-order valence-electron chi connectivity index (χ1n) is 7.64. The van der Waals surface area contributed by atoms with Gasteiger partial charge >= 0.3 is 17.9 Å². The Bertz CT molecular complexity index is 535. The molecule has 0 aromatic heterocycles. The van der Waals surface area contributed by atoms with E-state index in [2.05, 4.69) is 0 Å². The van der Waals surface area contributed by atoms with Crippen LogP contribution in [0, 0.1) is 5.92 Å². The second kappa shape index (κ2) is 9.61. The number of hydrogen-bond donors (Lipinski definition) is 2. The van der Waals surface area contributed by atoms with Crippen molar-refractivity contribution in [3.63, 3.8) is 0 Å². The number of aliphatic carboxylic acids is 2. The summed E-state index contributed by atoms with van der Waals surface area (Å²) in [4.78, 5) is 33.3. The van der Waals surface area contributed by atoms with Gasteiger partial charge in [-0.3, -0.25) is 9.59 Å². The minimum Gasteiger partial charge on any atom is -0.481 e. The van der Waals surface area contributed by atoms with Crippen molar-refractivity contribution in [3.05, 3.63) is 35.4 Å². The first-order valence-corrected chi connectivity index (χ1v) is 7.64. The zero-order valence-corrected chi connectivity index (χ0v) is 13.2. The Kier molecular flexibility index (Phi) is 7.80. The zero-order valence-electron chi connectivity index (χ0n) is 13.2. The van der Waals surface area contributed by atoms with Gasteiger partial charge < -0.3 is 14.9 Å². The lowest BCUT2D eigenvalue weighted by Gasteiger charge is -2.12. The summed E-state index contributed by atoms with van der Waals surface area (Å²) in [5, 5.41) is 17.8. The molecule has 0 spiro atoms. The molecule has 1 atom stereocenters. The highest BCUT2D eigenvalue weighted by atomic mass is 16.5. The molecule has 0 saturated heterocycles. The standard InChI is InChI=1S/C17H22O6/c1-2-23-17(22)13-9-7-12(8-10-13)11-14(16(20)21)5-3-4-6-15(18)19/h7-10,14H,2-6,11H2,1H3,(H,18,19)(H,20,21). The van der Waals surface area contributed by atoms with E-state index >= 15 is 0 Å². The van der Waals surface area contributed by atoms with E-state index in [-0.39, 0.29) is 6.42 Å². The molecule has 126 valence electrons. The van der Waals surface area contributed by atoms with E-state index in [9.17, 15) is 19.5 Å². The number of rotatable bonds is 10. The fourth-order valence-corrected chi connectivity index (χ4v) is 2.26. The average molecular weight is 322 g/mol. The van der Waals surface area contributed by atoms with Crippen molar-refractivity contribution in [2.75, 3.05) is 6.61 Å². The summed E-state index contributed by atoms with van der Waals surface area (Å²) in [6.45, 7) is 2.03. The molecule has 0 fully saturated rings. The summed E-state index contributed by atoms with van der Waals surface area (Å²) in [6, 6.07) is 6.69. The lowest BCUT2D eigenvalue weighted by atomic mass is 9.93. The third-order valence-electron chi connectivity index (χ3n) is 3.49. The van der Waals surface area contributed by atoms with Crippen LogP contribution in [-0.4, -0.2) is 34.7 Å². The normalized spacial score (nSPS) is 11.7. The van der Waals surface area contributed by atoms with Gasteiger partial charge in [-0.25, -0.2) is 4.79 Å². The van der Waals surface area contributed by atoms with Gasteiger partial charge in [0.05, 0.1) is 18.1 Å². The maximum Gasteiger partial charge on any atom is 0.338 e. The fourth-order valence-electron chi connectivity index (χ4n) is 2.26. The first kappa shape index (κ1) is 18.7. The smallest absolute Gasteiger partial charge is 0.338 e. The lowest BCUT2D eigenvalue weighted by Crippen LogP contribution is -2.16. The summed E-state index contributed by atoms with van der Waals surface area (Å²) < 4.78 is 4.89. The van der Waals surface area contributed by atoms with Gasteiger partial charge in [0.15, 0.2) is 0 Å². The number of hydrogen-bond acceptors (Lipinski definition) is 4. The van der Waals surface area contributed by atoms with E-state index < -0.39 is 23.8 Å². The van der Waals surface area contributed by atoms with E-state index in [1.165, 1.54) is 0 Å². The molecular formula is C17H22O6. The molecule has 6 nitrogen and oxygen atoms in total. The molecule has 1 unspecified atom stereocenters. The van der Waals surface area contributed by atoms with E-state index in [1.54, 1.807) is 31.2 Å². The lowest BCUT2D eigenvalue weighted by molar-refractivity contribution is -0.142. The molecule has 0 radical (unpaired) electrons. The SMILES string of the molecule is CCOC(=O)c1ccc(CC(CCCCC(=O)O)C(=O)O)cc1. The molecule has 2 N–H and O–H groups in total. The van der Waals surface area contributed by atoms with Crippen molar-refractivity contribution in [3.8, 4) is 0 Å². The van der Waals surface area contributed by atoms with Crippen LogP contribution in [0.15, 0.2) is 24.3 Å². The molecule has 0 aliphatic carbocycles. The van der Waals surface area contributed by atoms with Gasteiger partial charge in [-0.05, 0) is 43.9 Å². The van der Waals surface area contributed by atoms with Crippen LogP contribution >= 0.6 is 0 Å². The van der Waals surface area contributed by atoms with Crippen LogP contribution in [0.1, 0.15) is 48.5 Å². The summed E-state index contributed by atoms with van der Waals surface area (Å²) in [5.74, 6) is -2.72. The Balaban J connectivity index is 2.57. The van der Waals surface area contributed by atoms with E-state index in [0.717, 1.165) is 5.56 Å².